The molecule has 0 aromatic heterocycles. The molecule has 19 heavy (non-hydrogen) atoms. The van der Waals surface area contributed by atoms with Gasteiger partial charge in [-0.3, -0.25) is 4.79 Å². The largest absolute Gasteiger partial charge is 0.399 e. The number of carbonyl (C=O) groups is 1. The maximum Gasteiger partial charge on any atom is 0.244 e. The van der Waals surface area contributed by atoms with Gasteiger partial charge >= 0.3 is 0 Å². The van der Waals surface area contributed by atoms with E-state index >= 15 is 0 Å². The van der Waals surface area contributed by atoms with Crippen LogP contribution in [-0.2, 0) is 4.79 Å². The Kier molecular flexibility index (Phi) is 4.19. The first-order chi connectivity index (χ1) is 9.19. The summed E-state index contributed by atoms with van der Waals surface area (Å²) in [6, 6.07) is 9.53. The van der Waals surface area contributed by atoms with Crippen molar-refractivity contribution in [2.75, 3.05) is 5.73 Å². The zero-order chi connectivity index (χ0) is 13.7. The molecule has 0 aliphatic heterocycles. The fraction of sp³-hybridized carbons (Fsp3) is 0.333. The van der Waals surface area contributed by atoms with Crippen LogP contribution in [0.4, 0.5) is 5.69 Å². The summed E-state index contributed by atoms with van der Waals surface area (Å²) in [5.41, 5.74) is 7.21. The molecule has 98 valence electrons. The molecule has 0 radical (unpaired) electrons. The Morgan fingerprint density at radius 2 is 2.11 bits per heavy atom. The lowest BCUT2D eigenvalue weighted by Gasteiger charge is -2.13. The molecule has 0 bridgehead atoms. The molecule has 0 heterocycles. The minimum atomic E-state index is -0.149. The van der Waals surface area contributed by atoms with Crippen molar-refractivity contribution >= 4 is 17.7 Å². The van der Waals surface area contributed by atoms with Crippen molar-refractivity contribution in [3.8, 4) is 6.07 Å². The second-order valence-electron chi connectivity index (χ2n) is 4.78. The molecule has 0 saturated heterocycles. The third-order valence-electron chi connectivity index (χ3n) is 3.37. The van der Waals surface area contributed by atoms with Gasteiger partial charge in [-0.2, -0.15) is 5.26 Å². The number of rotatable bonds is 3. The van der Waals surface area contributed by atoms with Gasteiger partial charge in [0.25, 0.3) is 0 Å². The van der Waals surface area contributed by atoms with E-state index in [0.717, 1.165) is 24.8 Å². The van der Waals surface area contributed by atoms with Crippen molar-refractivity contribution < 1.29 is 4.79 Å². The molecule has 1 amide bonds. The van der Waals surface area contributed by atoms with E-state index in [1.165, 1.54) is 6.08 Å². The molecule has 3 N–H and O–H groups in total. The van der Waals surface area contributed by atoms with Gasteiger partial charge in [0, 0.05) is 17.8 Å². The number of hydrogen-bond acceptors (Lipinski definition) is 3. The normalized spacial score (nSPS) is 22.3. The second kappa shape index (κ2) is 6.05. The Morgan fingerprint density at radius 1 is 1.37 bits per heavy atom. The lowest BCUT2D eigenvalue weighted by atomic mass is 10.1. The number of benzene rings is 1. The van der Waals surface area contributed by atoms with Crippen LogP contribution in [0.25, 0.3) is 6.08 Å². The number of hydrogen-bond donors (Lipinski definition) is 2. The van der Waals surface area contributed by atoms with E-state index in [-0.39, 0.29) is 17.9 Å². The monoisotopic (exact) mass is 255 g/mol. The van der Waals surface area contributed by atoms with E-state index < -0.39 is 0 Å². The van der Waals surface area contributed by atoms with Gasteiger partial charge in [0.15, 0.2) is 0 Å². The Balaban J connectivity index is 1.91. The molecule has 1 aliphatic carbocycles. The molecule has 4 nitrogen and oxygen atoms in total. The van der Waals surface area contributed by atoms with Crippen LogP contribution in [0.5, 0.6) is 0 Å². The lowest BCUT2D eigenvalue weighted by Crippen LogP contribution is -2.35. The molecule has 2 atom stereocenters. The van der Waals surface area contributed by atoms with Crippen molar-refractivity contribution in [2.24, 2.45) is 5.92 Å². The highest BCUT2D eigenvalue weighted by molar-refractivity contribution is 5.92. The van der Waals surface area contributed by atoms with Gasteiger partial charge in [-0.05, 0) is 43.0 Å². The van der Waals surface area contributed by atoms with Gasteiger partial charge in [0.1, 0.15) is 0 Å². The number of nitrogens with two attached hydrogens (primary N) is 1. The summed E-state index contributed by atoms with van der Waals surface area (Å²) in [5.74, 6) is -0.196. The van der Waals surface area contributed by atoms with E-state index in [1.54, 1.807) is 18.2 Å². The SMILES string of the molecule is N#CC1CCCC1NC(=O)/C=C/c1ccc(N)cc1. The molecule has 1 fully saturated rings. The van der Waals surface area contributed by atoms with E-state index in [4.69, 9.17) is 11.0 Å². The Morgan fingerprint density at radius 3 is 2.79 bits per heavy atom. The highest BCUT2D eigenvalue weighted by Gasteiger charge is 2.27. The Bertz CT molecular complexity index is 513. The first-order valence-electron chi connectivity index (χ1n) is 6.43. The molecular weight excluding hydrogens is 238 g/mol. The van der Waals surface area contributed by atoms with Gasteiger partial charge in [0.2, 0.25) is 5.91 Å². The van der Waals surface area contributed by atoms with Crippen LogP contribution in [0.15, 0.2) is 30.3 Å². The average molecular weight is 255 g/mol. The number of nitriles is 1. The maximum atomic E-state index is 11.8. The van der Waals surface area contributed by atoms with Crippen molar-refractivity contribution in [1.82, 2.24) is 5.32 Å². The molecule has 2 unspecified atom stereocenters. The minimum absolute atomic E-state index is 0.00596. The van der Waals surface area contributed by atoms with E-state index in [0.29, 0.717) is 5.69 Å². The van der Waals surface area contributed by atoms with Crippen LogP contribution in [0.1, 0.15) is 24.8 Å². The summed E-state index contributed by atoms with van der Waals surface area (Å²) in [6.07, 6.45) is 6.01. The number of anilines is 1. The van der Waals surface area contributed by atoms with E-state index in [2.05, 4.69) is 11.4 Å². The Hall–Kier alpha value is -2.28. The van der Waals surface area contributed by atoms with Gasteiger partial charge < -0.3 is 11.1 Å². The zero-order valence-corrected chi connectivity index (χ0v) is 10.7. The van der Waals surface area contributed by atoms with Crippen molar-refractivity contribution in [3.05, 3.63) is 35.9 Å². The molecule has 4 heteroatoms. The molecular formula is C15H17N3O. The maximum absolute atomic E-state index is 11.8. The summed E-state index contributed by atoms with van der Waals surface area (Å²) in [4.78, 5) is 11.8. The second-order valence-corrected chi connectivity index (χ2v) is 4.78. The van der Waals surface area contributed by atoms with Crippen LogP contribution in [0.3, 0.4) is 0 Å². The van der Waals surface area contributed by atoms with Crippen LogP contribution in [0, 0.1) is 17.2 Å². The molecule has 0 spiro atoms. The Labute approximate surface area is 112 Å². The summed E-state index contributed by atoms with van der Waals surface area (Å²) in [5, 5.41) is 11.8. The smallest absolute Gasteiger partial charge is 0.244 e. The van der Waals surface area contributed by atoms with Crippen molar-refractivity contribution in [3.63, 3.8) is 0 Å². The first-order valence-corrected chi connectivity index (χ1v) is 6.43. The highest BCUT2D eigenvalue weighted by atomic mass is 16.1. The first kappa shape index (κ1) is 13.2. The minimum Gasteiger partial charge on any atom is -0.399 e. The summed E-state index contributed by atoms with van der Waals surface area (Å²) in [6.45, 7) is 0. The van der Waals surface area contributed by atoms with Gasteiger partial charge in [0.05, 0.1) is 12.0 Å². The molecule has 1 aromatic carbocycles. The van der Waals surface area contributed by atoms with Crippen LogP contribution in [-0.4, -0.2) is 11.9 Å². The number of nitrogen functional groups attached to an aromatic ring is 1. The van der Waals surface area contributed by atoms with Gasteiger partial charge in [-0.15, -0.1) is 0 Å². The summed E-state index contributed by atoms with van der Waals surface area (Å²) in [7, 11) is 0. The van der Waals surface area contributed by atoms with Crippen molar-refractivity contribution in [1.29, 1.82) is 5.26 Å². The quantitative estimate of drug-likeness (QED) is 0.641. The standard InChI is InChI=1S/C15H17N3O/c16-10-12-2-1-3-14(12)18-15(19)9-6-11-4-7-13(17)8-5-11/h4-9,12,14H,1-3,17H2,(H,18,19)/b9-6+. The third-order valence-corrected chi connectivity index (χ3v) is 3.37. The fourth-order valence-electron chi connectivity index (χ4n) is 2.30. The third kappa shape index (κ3) is 3.59. The van der Waals surface area contributed by atoms with Crippen molar-refractivity contribution in [2.45, 2.75) is 25.3 Å². The molecule has 1 saturated carbocycles. The van der Waals surface area contributed by atoms with Crippen LogP contribution < -0.4 is 11.1 Å². The van der Waals surface area contributed by atoms with Crippen LogP contribution >= 0.6 is 0 Å². The summed E-state index contributed by atoms with van der Waals surface area (Å²) >= 11 is 0. The predicted molar refractivity (Wildman–Crippen MR) is 74.8 cm³/mol. The number of carbonyl (C=O) groups excluding carboxylic acids is 1. The average Bonchev–Trinajstić information content (AvgIpc) is 2.85. The van der Waals surface area contributed by atoms with Crippen LogP contribution in [0.2, 0.25) is 0 Å². The van der Waals surface area contributed by atoms with E-state index in [1.807, 2.05) is 12.1 Å². The zero-order valence-electron chi connectivity index (χ0n) is 10.7. The number of amides is 1. The van der Waals surface area contributed by atoms with E-state index in [9.17, 15) is 4.79 Å². The molecule has 1 aromatic rings. The fourth-order valence-corrected chi connectivity index (χ4v) is 2.30. The van der Waals surface area contributed by atoms with Gasteiger partial charge in [-0.1, -0.05) is 12.1 Å². The predicted octanol–water partition coefficient (Wildman–Crippen LogP) is 2.09. The molecule has 1 aliphatic rings. The topological polar surface area (TPSA) is 78.9 Å². The lowest BCUT2D eigenvalue weighted by molar-refractivity contribution is -0.117. The number of nitrogens with zero attached hydrogens (tertiary/aromatic N) is 1. The highest BCUT2D eigenvalue weighted by Crippen LogP contribution is 2.24. The van der Waals surface area contributed by atoms with Gasteiger partial charge in [-0.25, -0.2) is 0 Å². The molecule has 2 rings (SSSR count). The number of nitrogens with one attached hydrogen (secondary N) is 1. The summed E-state index contributed by atoms with van der Waals surface area (Å²) < 4.78 is 0.